The molecule has 9 aromatic rings. The highest BCUT2D eigenvalue weighted by Gasteiger charge is 2.37. The molecule has 0 radical (unpaired) electrons. The van der Waals surface area contributed by atoms with Crippen molar-refractivity contribution in [3.63, 3.8) is 0 Å². The molecule has 1 aliphatic heterocycles. The van der Waals surface area contributed by atoms with Crippen LogP contribution in [0.1, 0.15) is 25.0 Å². The molecule has 0 atom stereocenters. The molecule has 1 aromatic heterocycles. The summed E-state index contributed by atoms with van der Waals surface area (Å²) in [5.41, 5.74) is 17.0. The smallest absolute Gasteiger partial charge is 0.0541 e. The molecule has 0 saturated heterocycles. The molecule has 0 fully saturated rings. The van der Waals surface area contributed by atoms with Crippen LogP contribution in [0.25, 0.3) is 60.9 Å². The Morgan fingerprint density at radius 2 is 0.792 bits per heavy atom. The average molecular weight is 679 g/mol. The third-order valence-electron chi connectivity index (χ3n) is 11.2. The summed E-state index contributed by atoms with van der Waals surface area (Å²) < 4.78 is 2.37. The van der Waals surface area contributed by atoms with Crippen molar-refractivity contribution in [2.75, 3.05) is 4.90 Å². The van der Waals surface area contributed by atoms with Crippen molar-refractivity contribution in [3.05, 3.63) is 205 Å². The van der Waals surface area contributed by atoms with Crippen LogP contribution in [0.5, 0.6) is 0 Å². The molecule has 0 aliphatic carbocycles. The maximum atomic E-state index is 2.46. The van der Waals surface area contributed by atoms with E-state index in [1.807, 2.05) is 0 Å². The van der Waals surface area contributed by atoms with E-state index in [4.69, 9.17) is 0 Å². The van der Waals surface area contributed by atoms with Gasteiger partial charge in [0.1, 0.15) is 0 Å². The quantitative estimate of drug-likeness (QED) is 0.176. The topological polar surface area (TPSA) is 8.17 Å². The Hall–Kier alpha value is -6.64. The number of rotatable bonds is 5. The minimum absolute atomic E-state index is 0.217. The zero-order valence-corrected chi connectivity index (χ0v) is 29.9. The van der Waals surface area contributed by atoms with Crippen LogP contribution < -0.4 is 4.90 Å². The van der Waals surface area contributed by atoms with Crippen LogP contribution in [-0.4, -0.2) is 4.57 Å². The van der Waals surface area contributed by atoms with E-state index in [9.17, 15) is 0 Å². The Balaban J connectivity index is 1.10. The molecule has 2 heterocycles. The summed E-state index contributed by atoms with van der Waals surface area (Å²) in [6.45, 7) is 4.75. The number of nitrogens with zero attached hydrogens (tertiary/aromatic N) is 2. The molecule has 0 bridgehead atoms. The second-order valence-corrected chi connectivity index (χ2v) is 14.6. The molecule has 252 valence electrons. The van der Waals surface area contributed by atoms with Gasteiger partial charge in [0, 0.05) is 27.6 Å². The fourth-order valence-electron chi connectivity index (χ4n) is 8.45. The first kappa shape index (κ1) is 31.1. The van der Waals surface area contributed by atoms with E-state index in [0.29, 0.717) is 0 Å². The number of hydrogen-bond acceptors (Lipinski definition) is 1. The van der Waals surface area contributed by atoms with Crippen molar-refractivity contribution < 1.29 is 0 Å². The number of fused-ring (bicyclic) bond motifs is 5. The van der Waals surface area contributed by atoms with Gasteiger partial charge in [0.25, 0.3) is 0 Å². The van der Waals surface area contributed by atoms with Gasteiger partial charge in [0.05, 0.1) is 22.4 Å². The molecular weight excluding hydrogens is 641 g/mol. The van der Waals surface area contributed by atoms with E-state index < -0.39 is 0 Å². The Labute approximate surface area is 310 Å². The fourth-order valence-corrected chi connectivity index (χ4v) is 8.45. The third kappa shape index (κ3) is 5.10. The number of anilines is 3. The Bertz CT molecular complexity index is 2680. The van der Waals surface area contributed by atoms with E-state index in [2.05, 4.69) is 217 Å². The van der Waals surface area contributed by atoms with Crippen molar-refractivity contribution in [1.82, 2.24) is 4.57 Å². The van der Waals surface area contributed by atoms with Crippen LogP contribution in [0, 0.1) is 0 Å². The number of para-hydroxylation sites is 2. The summed E-state index contributed by atoms with van der Waals surface area (Å²) in [5.74, 6) is 0. The molecule has 2 nitrogen and oxygen atoms in total. The molecule has 53 heavy (non-hydrogen) atoms. The van der Waals surface area contributed by atoms with E-state index in [1.165, 1.54) is 83.4 Å². The van der Waals surface area contributed by atoms with Gasteiger partial charge in [-0.15, -0.1) is 0 Å². The first-order chi connectivity index (χ1) is 26.0. The summed E-state index contributed by atoms with van der Waals surface area (Å²) >= 11 is 0. The normalized spacial score (nSPS) is 13.2. The zero-order chi connectivity index (χ0) is 35.5. The second-order valence-electron chi connectivity index (χ2n) is 14.6. The number of hydrogen-bond donors (Lipinski definition) is 0. The Morgan fingerprint density at radius 1 is 0.340 bits per heavy atom. The summed E-state index contributed by atoms with van der Waals surface area (Å²) in [5, 5.41) is 2.52. The summed E-state index contributed by atoms with van der Waals surface area (Å²) in [7, 11) is 0. The lowest BCUT2D eigenvalue weighted by molar-refractivity contribution is 0.632. The van der Waals surface area contributed by atoms with Gasteiger partial charge in [-0.2, -0.15) is 0 Å². The molecule has 0 amide bonds. The van der Waals surface area contributed by atoms with Crippen molar-refractivity contribution in [2.24, 2.45) is 0 Å². The molecular formula is C51H38N2. The van der Waals surface area contributed by atoms with Crippen LogP contribution in [0.2, 0.25) is 0 Å². The third-order valence-corrected chi connectivity index (χ3v) is 11.2. The molecule has 0 N–H and O–H groups in total. The lowest BCUT2D eigenvalue weighted by Crippen LogP contribution is -2.30. The minimum atomic E-state index is -0.217. The summed E-state index contributed by atoms with van der Waals surface area (Å²) in [6.07, 6.45) is 0. The zero-order valence-electron chi connectivity index (χ0n) is 29.9. The van der Waals surface area contributed by atoms with E-state index >= 15 is 0 Å². The first-order valence-electron chi connectivity index (χ1n) is 18.4. The lowest BCUT2D eigenvalue weighted by Gasteiger charge is -2.42. The van der Waals surface area contributed by atoms with Gasteiger partial charge < -0.3 is 9.47 Å². The molecule has 1 aliphatic rings. The van der Waals surface area contributed by atoms with Crippen LogP contribution in [-0.2, 0) is 5.41 Å². The van der Waals surface area contributed by atoms with Crippen molar-refractivity contribution >= 4 is 38.9 Å². The summed E-state index contributed by atoms with van der Waals surface area (Å²) in [6, 6.07) is 70.9. The highest BCUT2D eigenvalue weighted by Crippen LogP contribution is 2.53. The van der Waals surface area contributed by atoms with Gasteiger partial charge in [-0.3, -0.25) is 0 Å². The van der Waals surface area contributed by atoms with E-state index in [0.717, 1.165) is 5.69 Å². The maximum absolute atomic E-state index is 2.46. The minimum Gasteiger partial charge on any atom is -0.310 e. The number of aromatic nitrogens is 1. The van der Waals surface area contributed by atoms with Crippen molar-refractivity contribution in [2.45, 2.75) is 19.3 Å². The Morgan fingerprint density at radius 3 is 1.40 bits per heavy atom. The SMILES string of the molecule is CC1(C)c2cc(-c3ccccc3)ccc2N(c2ccc(-c3ccc4c(c3)c3ccccc3n4-c3ccccc3)cc2)c2ccc(-c3ccccc3)cc21. The van der Waals surface area contributed by atoms with E-state index in [-0.39, 0.29) is 5.41 Å². The lowest BCUT2D eigenvalue weighted by atomic mass is 9.72. The van der Waals surface area contributed by atoms with Crippen LogP contribution in [0.15, 0.2) is 194 Å². The van der Waals surface area contributed by atoms with Crippen molar-refractivity contribution in [3.8, 4) is 39.1 Å². The van der Waals surface area contributed by atoms with Crippen molar-refractivity contribution in [1.29, 1.82) is 0 Å². The summed E-state index contributed by atoms with van der Waals surface area (Å²) in [4.78, 5) is 2.46. The maximum Gasteiger partial charge on any atom is 0.0541 e. The molecule has 10 rings (SSSR count). The highest BCUT2D eigenvalue weighted by molar-refractivity contribution is 6.10. The largest absolute Gasteiger partial charge is 0.310 e. The van der Waals surface area contributed by atoms with Gasteiger partial charge in [0.2, 0.25) is 0 Å². The number of benzene rings is 8. The average Bonchev–Trinajstić information content (AvgIpc) is 3.56. The van der Waals surface area contributed by atoms with Crippen LogP contribution >= 0.6 is 0 Å². The van der Waals surface area contributed by atoms with Gasteiger partial charge in [-0.05, 0) is 111 Å². The highest BCUT2D eigenvalue weighted by atomic mass is 15.2. The molecule has 0 unspecified atom stereocenters. The van der Waals surface area contributed by atoms with Gasteiger partial charge in [0.15, 0.2) is 0 Å². The monoisotopic (exact) mass is 678 g/mol. The molecule has 2 heteroatoms. The van der Waals surface area contributed by atoms with Crippen LogP contribution in [0.3, 0.4) is 0 Å². The van der Waals surface area contributed by atoms with Gasteiger partial charge in [-0.1, -0.05) is 141 Å². The van der Waals surface area contributed by atoms with Gasteiger partial charge in [-0.25, -0.2) is 0 Å². The first-order valence-corrected chi connectivity index (χ1v) is 18.4. The molecule has 0 saturated carbocycles. The predicted octanol–water partition coefficient (Wildman–Crippen LogP) is 13.9. The van der Waals surface area contributed by atoms with Gasteiger partial charge >= 0.3 is 0 Å². The molecule has 8 aromatic carbocycles. The standard InChI is InChI=1S/C51H38N2/c1-51(2)45-33-39(35-14-6-3-7-15-35)25-30-49(45)53(50-31-26-40(34-46(50)51)36-16-8-4-9-17-36)42-27-22-37(23-28-42)38-24-29-48-44(32-38)43-20-12-13-21-47(43)52(48)41-18-10-5-11-19-41/h3-34H,1-2H3. The van der Waals surface area contributed by atoms with Crippen LogP contribution in [0.4, 0.5) is 17.1 Å². The second kappa shape index (κ2) is 12.3. The fraction of sp³-hybridized carbons (Fsp3) is 0.0588. The van der Waals surface area contributed by atoms with E-state index in [1.54, 1.807) is 0 Å². The Kier molecular flexibility index (Phi) is 7.19. The predicted molar refractivity (Wildman–Crippen MR) is 224 cm³/mol. The molecule has 0 spiro atoms.